The Morgan fingerprint density at radius 1 is 1.21 bits per heavy atom. The number of hydrogen-bond acceptors (Lipinski definition) is 3. The van der Waals surface area contributed by atoms with Gasteiger partial charge in [-0.15, -0.1) is 0 Å². The van der Waals surface area contributed by atoms with Gasteiger partial charge in [-0.2, -0.15) is 0 Å². The molecule has 19 heavy (non-hydrogen) atoms. The largest absolute Gasteiger partial charge is 0.296 e. The molecule has 3 aromatic rings. The molecular weight excluding hydrogens is 249 g/mol. The second-order valence-corrected chi connectivity index (χ2v) is 4.00. The maximum absolute atomic E-state index is 13.9. The maximum Gasteiger partial charge on any atom is 0.272 e. The lowest BCUT2D eigenvalue weighted by Gasteiger charge is -2.05. The Bertz CT molecular complexity index is 782. The Hall–Kier alpha value is -2.76. The van der Waals surface area contributed by atoms with Crippen molar-refractivity contribution in [2.24, 2.45) is 0 Å². The van der Waals surface area contributed by atoms with Gasteiger partial charge < -0.3 is 0 Å². The van der Waals surface area contributed by atoms with Crippen molar-refractivity contribution in [3.63, 3.8) is 0 Å². The molecule has 0 N–H and O–H groups in total. The Labute approximate surface area is 107 Å². The number of para-hydroxylation sites is 2. The molecule has 0 fully saturated rings. The van der Waals surface area contributed by atoms with Crippen LogP contribution in [0.4, 0.5) is 10.1 Å². The van der Waals surface area contributed by atoms with Gasteiger partial charge in [0.25, 0.3) is 5.69 Å². The lowest BCUT2D eigenvalue weighted by Crippen LogP contribution is -1.97. The Kier molecular flexibility index (Phi) is 2.49. The zero-order chi connectivity index (χ0) is 13.4. The highest BCUT2D eigenvalue weighted by Gasteiger charge is 2.13. The fraction of sp³-hybridized carbons (Fsp3) is 0. The van der Waals surface area contributed by atoms with E-state index in [0.29, 0.717) is 0 Å². The van der Waals surface area contributed by atoms with Crippen LogP contribution >= 0.6 is 0 Å². The molecule has 3 rings (SSSR count). The van der Waals surface area contributed by atoms with E-state index in [9.17, 15) is 14.5 Å². The van der Waals surface area contributed by atoms with E-state index in [1.807, 2.05) is 24.3 Å². The van der Waals surface area contributed by atoms with Gasteiger partial charge in [-0.1, -0.05) is 12.1 Å². The van der Waals surface area contributed by atoms with Gasteiger partial charge >= 0.3 is 0 Å². The Balaban J connectivity index is 2.19. The highest BCUT2D eigenvalue weighted by Crippen LogP contribution is 2.23. The summed E-state index contributed by atoms with van der Waals surface area (Å²) >= 11 is 0. The molecule has 2 aromatic carbocycles. The lowest BCUT2D eigenvalue weighted by molar-refractivity contribution is -0.385. The van der Waals surface area contributed by atoms with Gasteiger partial charge in [0.05, 0.1) is 27.7 Å². The third-order valence-electron chi connectivity index (χ3n) is 2.86. The molecule has 0 aliphatic heterocycles. The van der Waals surface area contributed by atoms with Gasteiger partial charge in [-0.25, -0.2) is 9.37 Å². The van der Waals surface area contributed by atoms with Crippen molar-refractivity contribution >= 4 is 16.7 Å². The van der Waals surface area contributed by atoms with Crippen LogP contribution in [0.25, 0.3) is 16.7 Å². The number of rotatable bonds is 2. The predicted molar refractivity (Wildman–Crippen MR) is 67.7 cm³/mol. The molecule has 5 nitrogen and oxygen atoms in total. The van der Waals surface area contributed by atoms with E-state index in [1.165, 1.54) is 18.5 Å². The minimum absolute atomic E-state index is 0.235. The molecule has 0 bridgehead atoms. The molecule has 6 heteroatoms. The quantitative estimate of drug-likeness (QED) is 0.523. The van der Waals surface area contributed by atoms with Crippen LogP contribution in [0.3, 0.4) is 0 Å². The van der Waals surface area contributed by atoms with Crippen LogP contribution in [0.15, 0.2) is 48.8 Å². The van der Waals surface area contributed by atoms with Crippen molar-refractivity contribution in [1.82, 2.24) is 9.55 Å². The monoisotopic (exact) mass is 257 g/mol. The van der Waals surface area contributed by atoms with Crippen LogP contribution < -0.4 is 0 Å². The topological polar surface area (TPSA) is 61.0 Å². The summed E-state index contributed by atoms with van der Waals surface area (Å²) in [6.45, 7) is 0. The molecule has 0 unspecified atom stereocenters. The van der Waals surface area contributed by atoms with Crippen molar-refractivity contribution in [2.75, 3.05) is 0 Å². The number of non-ortho nitro benzene ring substituents is 1. The molecule has 0 spiro atoms. The van der Waals surface area contributed by atoms with E-state index in [-0.39, 0.29) is 11.4 Å². The SMILES string of the molecule is O=[N+]([O-])c1ccc(-n2cnc3ccccc32)c(F)c1. The minimum Gasteiger partial charge on any atom is -0.296 e. The number of benzene rings is 2. The molecular formula is C13H8FN3O2. The summed E-state index contributed by atoms with van der Waals surface area (Å²) in [6, 6.07) is 10.8. The highest BCUT2D eigenvalue weighted by molar-refractivity contribution is 5.77. The number of hydrogen-bond donors (Lipinski definition) is 0. The molecule has 0 saturated carbocycles. The number of imidazole rings is 1. The zero-order valence-corrected chi connectivity index (χ0v) is 9.65. The number of aromatic nitrogens is 2. The van der Waals surface area contributed by atoms with Gasteiger partial charge in [-0.3, -0.25) is 14.7 Å². The summed E-state index contributed by atoms with van der Waals surface area (Å²) in [7, 11) is 0. The number of nitrogens with zero attached hydrogens (tertiary/aromatic N) is 3. The fourth-order valence-electron chi connectivity index (χ4n) is 1.96. The van der Waals surface area contributed by atoms with Crippen molar-refractivity contribution < 1.29 is 9.31 Å². The average molecular weight is 257 g/mol. The van der Waals surface area contributed by atoms with Crippen LogP contribution in [0, 0.1) is 15.9 Å². The molecule has 0 radical (unpaired) electrons. The first-order chi connectivity index (χ1) is 9.16. The molecule has 0 atom stereocenters. The Morgan fingerprint density at radius 3 is 2.74 bits per heavy atom. The summed E-state index contributed by atoms with van der Waals surface area (Å²) < 4.78 is 15.5. The van der Waals surface area contributed by atoms with Crippen LogP contribution in [0.2, 0.25) is 0 Å². The summed E-state index contributed by atoms with van der Waals surface area (Å²) in [6.07, 6.45) is 1.49. The molecule has 0 amide bonds. The number of nitro benzene ring substituents is 1. The minimum atomic E-state index is -0.655. The van der Waals surface area contributed by atoms with Crippen LogP contribution in [-0.4, -0.2) is 14.5 Å². The predicted octanol–water partition coefficient (Wildman–Crippen LogP) is 3.07. The second-order valence-electron chi connectivity index (χ2n) is 4.00. The number of nitro groups is 1. The first kappa shape index (κ1) is 11.3. The van der Waals surface area contributed by atoms with Crippen molar-refractivity contribution in [1.29, 1.82) is 0 Å². The number of halogens is 1. The van der Waals surface area contributed by atoms with Gasteiger partial charge in [0.1, 0.15) is 6.33 Å². The highest BCUT2D eigenvalue weighted by atomic mass is 19.1. The van der Waals surface area contributed by atoms with E-state index in [4.69, 9.17) is 0 Å². The van der Waals surface area contributed by atoms with Gasteiger partial charge in [-0.05, 0) is 18.2 Å². The van der Waals surface area contributed by atoms with Gasteiger partial charge in [0.2, 0.25) is 0 Å². The van der Waals surface area contributed by atoms with E-state index in [0.717, 1.165) is 17.1 Å². The third-order valence-corrected chi connectivity index (χ3v) is 2.86. The summed E-state index contributed by atoms with van der Waals surface area (Å²) in [5.74, 6) is -0.655. The maximum atomic E-state index is 13.9. The third kappa shape index (κ3) is 1.83. The van der Waals surface area contributed by atoms with E-state index in [2.05, 4.69) is 4.98 Å². The van der Waals surface area contributed by atoms with Crippen LogP contribution in [0.5, 0.6) is 0 Å². The van der Waals surface area contributed by atoms with E-state index < -0.39 is 10.7 Å². The van der Waals surface area contributed by atoms with Crippen molar-refractivity contribution in [3.05, 3.63) is 64.7 Å². The van der Waals surface area contributed by atoms with Crippen LogP contribution in [0.1, 0.15) is 0 Å². The van der Waals surface area contributed by atoms with E-state index in [1.54, 1.807) is 4.57 Å². The normalized spacial score (nSPS) is 10.8. The molecule has 0 aliphatic carbocycles. The number of fused-ring (bicyclic) bond motifs is 1. The lowest BCUT2D eigenvalue weighted by atomic mass is 10.2. The second kappa shape index (κ2) is 4.16. The summed E-state index contributed by atoms with van der Waals surface area (Å²) in [4.78, 5) is 14.1. The molecule has 1 heterocycles. The van der Waals surface area contributed by atoms with Crippen molar-refractivity contribution in [2.45, 2.75) is 0 Å². The smallest absolute Gasteiger partial charge is 0.272 e. The molecule has 94 valence electrons. The average Bonchev–Trinajstić information content (AvgIpc) is 2.82. The van der Waals surface area contributed by atoms with Gasteiger partial charge in [0, 0.05) is 6.07 Å². The summed E-state index contributed by atoms with van der Waals surface area (Å²) in [5.41, 5.74) is 1.44. The van der Waals surface area contributed by atoms with Crippen LogP contribution in [-0.2, 0) is 0 Å². The van der Waals surface area contributed by atoms with Crippen molar-refractivity contribution in [3.8, 4) is 5.69 Å². The molecule has 0 aliphatic rings. The first-order valence-corrected chi connectivity index (χ1v) is 5.53. The first-order valence-electron chi connectivity index (χ1n) is 5.53. The molecule has 1 aromatic heterocycles. The van der Waals surface area contributed by atoms with E-state index >= 15 is 0 Å². The molecule has 0 saturated heterocycles. The fourth-order valence-corrected chi connectivity index (χ4v) is 1.96. The van der Waals surface area contributed by atoms with Gasteiger partial charge in [0.15, 0.2) is 5.82 Å². The zero-order valence-electron chi connectivity index (χ0n) is 9.65. The summed E-state index contributed by atoms with van der Waals surface area (Å²) in [5, 5.41) is 10.6. The standard InChI is InChI=1S/C13H8FN3O2/c14-10-7-9(17(18)19)5-6-12(10)16-8-15-11-3-1-2-4-13(11)16/h1-8H. The Morgan fingerprint density at radius 2 is 2.00 bits per heavy atom.